The fraction of sp³-hybridized carbons (Fsp3) is 0.400. The molecule has 4 N–H and O–H groups in total. The number of pyridine rings is 1. The zero-order valence-electron chi connectivity index (χ0n) is 10.2. The Labute approximate surface area is 103 Å². The minimum atomic E-state index is 0.270. The van der Waals surface area contributed by atoms with Crippen molar-refractivity contribution in [2.75, 3.05) is 27.2 Å². The van der Waals surface area contributed by atoms with E-state index >= 15 is 0 Å². The Morgan fingerprint density at radius 2 is 2.12 bits per heavy atom. The lowest BCUT2D eigenvalue weighted by Gasteiger charge is -2.16. The van der Waals surface area contributed by atoms with E-state index in [9.17, 15) is 0 Å². The van der Waals surface area contributed by atoms with Gasteiger partial charge in [0.2, 0.25) is 0 Å². The van der Waals surface area contributed by atoms with Gasteiger partial charge in [0.1, 0.15) is 13.5 Å². The van der Waals surface area contributed by atoms with Crippen molar-refractivity contribution in [2.45, 2.75) is 0 Å². The summed E-state index contributed by atoms with van der Waals surface area (Å²) in [5.74, 6) is 5.95. The second-order valence-corrected chi connectivity index (χ2v) is 3.93. The lowest BCUT2D eigenvalue weighted by molar-refractivity contribution is 0.256. The van der Waals surface area contributed by atoms with Crippen LogP contribution in [0, 0.1) is 0 Å². The van der Waals surface area contributed by atoms with Crippen LogP contribution in [0.25, 0.3) is 0 Å². The molecule has 90 valence electrons. The fourth-order valence-electron chi connectivity index (χ4n) is 1.10. The minimum absolute atomic E-state index is 0.270. The van der Waals surface area contributed by atoms with Gasteiger partial charge >= 0.3 is 0 Å². The quantitative estimate of drug-likeness (QED) is 0.206. The van der Waals surface area contributed by atoms with Crippen molar-refractivity contribution in [3.8, 4) is 0 Å². The van der Waals surface area contributed by atoms with Gasteiger partial charge in [-0.05, 0) is 20.2 Å². The summed E-state index contributed by atoms with van der Waals surface area (Å²) in [5.41, 5.74) is 6.90. The Balaban J connectivity index is 2.62. The van der Waals surface area contributed by atoms with E-state index in [1.807, 2.05) is 19.0 Å². The largest absolute Gasteiger partial charge is 0.380 e. The average Bonchev–Trinajstić information content (AvgIpc) is 2.27. The van der Waals surface area contributed by atoms with Gasteiger partial charge in [-0.1, -0.05) is 11.5 Å². The molecular formula is C10H17BN6. The van der Waals surface area contributed by atoms with E-state index in [4.69, 9.17) is 19.4 Å². The molecule has 1 aromatic heterocycles. The zero-order valence-corrected chi connectivity index (χ0v) is 10.2. The van der Waals surface area contributed by atoms with E-state index in [0.717, 1.165) is 6.54 Å². The SMILES string of the molecule is [B]c1ccc(/C(N)=N/N(N)CCN(C)C)nc1. The first kappa shape index (κ1) is 13.5. The Morgan fingerprint density at radius 3 is 2.65 bits per heavy atom. The van der Waals surface area contributed by atoms with Crippen LogP contribution in [-0.4, -0.2) is 55.9 Å². The summed E-state index contributed by atoms with van der Waals surface area (Å²) in [5, 5.41) is 5.32. The van der Waals surface area contributed by atoms with Crippen molar-refractivity contribution in [3.05, 3.63) is 24.0 Å². The van der Waals surface area contributed by atoms with Gasteiger partial charge in [-0.25, -0.2) is 11.0 Å². The van der Waals surface area contributed by atoms with E-state index in [1.54, 1.807) is 12.1 Å². The first-order valence-electron chi connectivity index (χ1n) is 5.22. The molecule has 0 atom stereocenters. The van der Waals surface area contributed by atoms with Gasteiger partial charge in [-0.15, -0.1) is 5.10 Å². The summed E-state index contributed by atoms with van der Waals surface area (Å²) in [6.07, 6.45) is 1.53. The summed E-state index contributed by atoms with van der Waals surface area (Å²) in [4.78, 5) is 6.06. The molecule has 0 spiro atoms. The molecule has 0 saturated carbocycles. The third-order valence-corrected chi connectivity index (χ3v) is 2.06. The van der Waals surface area contributed by atoms with E-state index in [1.165, 1.54) is 11.3 Å². The highest BCUT2D eigenvalue weighted by atomic mass is 15.6. The van der Waals surface area contributed by atoms with Crippen LogP contribution >= 0.6 is 0 Å². The van der Waals surface area contributed by atoms with E-state index in [0.29, 0.717) is 17.7 Å². The van der Waals surface area contributed by atoms with Crippen molar-refractivity contribution in [3.63, 3.8) is 0 Å². The smallest absolute Gasteiger partial charge is 0.171 e. The molecule has 0 bridgehead atoms. The molecule has 7 heteroatoms. The highest BCUT2D eigenvalue weighted by Crippen LogP contribution is 1.92. The van der Waals surface area contributed by atoms with Gasteiger partial charge in [0.05, 0.1) is 6.54 Å². The first-order valence-corrected chi connectivity index (χ1v) is 5.22. The number of hydrogen-bond acceptors (Lipinski definition) is 5. The Hall–Kier alpha value is -1.60. The topological polar surface area (TPSA) is 83.8 Å². The van der Waals surface area contributed by atoms with Gasteiger partial charge in [-0.2, -0.15) is 0 Å². The molecule has 0 amide bonds. The van der Waals surface area contributed by atoms with Crippen molar-refractivity contribution in [1.82, 2.24) is 15.0 Å². The normalized spacial score (nSPS) is 11.9. The molecule has 1 rings (SSSR count). The summed E-state index contributed by atoms with van der Waals surface area (Å²) in [6, 6.07) is 3.42. The monoisotopic (exact) mass is 232 g/mol. The maximum Gasteiger partial charge on any atom is 0.171 e. The minimum Gasteiger partial charge on any atom is -0.380 e. The predicted molar refractivity (Wildman–Crippen MR) is 69.8 cm³/mol. The van der Waals surface area contributed by atoms with Gasteiger partial charge in [0.15, 0.2) is 5.84 Å². The van der Waals surface area contributed by atoms with Gasteiger partial charge < -0.3 is 10.6 Å². The Kier molecular flexibility index (Phi) is 4.93. The second-order valence-electron chi connectivity index (χ2n) is 3.93. The second kappa shape index (κ2) is 6.22. The third-order valence-electron chi connectivity index (χ3n) is 2.06. The number of aromatic nitrogens is 1. The average molecular weight is 232 g/mol. The molecule has 0 aliphatic rings. The summed E-state index contributed by atoms with van der Waals surface area (Å²) >= 11 is 0. The van der Waals surface area contributed by atoms with Crippen LogP contribution in [0.15, 0.2) is 23.4 Å². The maximum absolute atomic E-state index is 5.76. The van der Waals surface area contributed by atoms with Crippen LogP contribution in [0.5, 0.6) is 0 Å². The van der Waals surface area contributed by atoms with Crippen molar-refractivity contribution >= 4 is 19.1 Å². The number of hydrazone groups is 1. The number of rotatable bonds is 5. The molecule has 17 heavy (non-hydrogen) atoms. The first-order chi connectivity index (χ1) is 7.99. The van der Waals surface area contributed by atoms with Gasteiger partial charge in [0, 0.05) is 12.7 Å². The molecule has 0 fully saturated rings. The summed E-state index contributed by atoms with van der Waals surface area (Å²) in [7, 11) is 9.45. The zero-order chi connectivity index (χ0) is 12.8. The van der Waals surface area contributed by atoms with Crippen LogP contribution in [0.2, 0.25) is 0 Å². The fourth-order valence-corrected chi connectivity index (χ4v) is 1.10. The van der Waals surface area contributed by atoms with Crippen LogP contribution in [-0.2, 0) is 0 Å². The molecule has 0 aromatic carbocycles. The van der Waals surface area contributed by atoms with E-state index in [-0.39, 0.29) is 5.84 Å². The highest BCUT2D eigenvalue weighted by molar-refractivity contribution is 6.32. The number of hydrazine groups is 1. The molecule has 0 unspecified atom stereocenters. The standard InChI is InChI=1S/C10H17BN6/c1-16(2)5-6-17(13)15-10(12)9-4-3-8(11)7-14-9/h3-4,7H,5-6,13H2,1-2H3,(H2,12,15). The summed E-state index contributed by atoms with van der Waals surface area (Å²) < 4.78 is 0. The molecule has 2 radical (unpaired) electrons. The lowest BCUT2D eigenvalue weighted by Crippen LogP contribution is -2.35. The molecule has 6 nitrogen and oxygen atoms in total. The molecule has 1 aromatic rings. The molecule has 0 aliphatic carbocycles. The van der Waals surface area contributed by atoms with Crippen LogP contribution in [0.4, 0.5) is 0 Å². The van der Waals surface area contributed by atoms with E-state index in [2.05, 4.69) is 10.1 Å². The molecular weight excluding hydrogens is 215 g/mol. The Bertz CT molecular complexity index is 375. The maximum atomic E-state index is 5.76. The lowest BCUT2D eigenvalue weighted by atomic mass is 9.99. The van der Waals surface area contributed by atoms with Crippen molar-refractivity contribution in [2.24, 2.45) is 16.7 Å². The predicted octanol–water partition coefficient (Wildman–Crippen LogP) is -1.77. The number of nitrogens with two attached hydrogens (primary N) is 2. The number of hydrogen-bond donors (Lipinski definition) is 2. The number of amidine groups is 1. The number of likely N-dealkylation sites (N-methyl/N-ethyl adjacent to an activating group) is 1. The van der Waals surface area contributed by atoms with Crippen LogP contribution in [0.3, 0.4) is 0 Å². The highest BCUT2D eigenvalue weighted by Gasteiger charge is 2.02. The molecule has 0 saturated heterocycles. The van der Waals surface area contributed by atoms with E-state index < -0.39 is 0 Å². The van der Waals surface area contributed by atoms with Gasteiger partial charge in [0.25, 0.3) is 0 Å². The Morgan fingerprint density at radius 1 is 1.41 bits per heavy atom. The molecule has 0 aliphatic heterocycles. The van der Waals surface area contributed by atoms with Crippen LogP contribution < -0.4 is 17.0 Å². The third kappa shape index (κ3) is 4.84. The number of nitrogens with zero attached hydrogens (tertiary/aromatic N) is 4. The summed E-state index contributed by atoms with van der Waals surface area (Å²) in [6.45, 7) is 1.38. The van der Waals surface area contributed by atoms with Crippen molar-refractivity contribution < 1.29 is 0 Å². The van der Waals surface area contributed by atoms with Crippen LogP contribution in [0.1, 0.15) is 5.69 Å². The molecule has 1 heterocycles. The van der Waals surface area contributed by atoms with Gasteiger partial charge in [-0.3, -0.25) is 4.98 Å². The van der Waals surface area contributed by atoms with Crippen molar-refractivity contribution in [1.29, 1.82) is 0 Å².